The molecule has 2 fully saturated rings. The van der Waals surface area contributed by atoms with Crippen molar-refractivity contribution in [3.05, 3.63) is 12.2 Å². The van der Waals surface area contributed by atoms with Crippen LogP contribution in [0.5, 0.6) is 0 Å². The molecular weight excluding hydrogens is 248 g/mol. The van der Waals surface area contributed by atoms with Gasteiger partial charge >= 0.3 is 0 Å². The highest BCUT2D eigenvalue weighted by Crippen LogP contribution is 2.37. The van der Waals surface area contributed by atoms with Crippen LogP contribution in [0.3, 0.4) is 0 Å². The van der Waals surface area contributed by atoms with Gasteiger partial charge < -0.3 is 5.21 Å². The Balaban J connectivity index is 1.68. The molecule has 0 aromatic heterocycles. The van der Waals surface area contributed by atoms with Crippen LogP contribution in [0.1, 0.15) is 57.8 Å². The molecule has 1 saturated carbocycles. The molecule has 0 amide bonds. The molecule has 3 heteroatoms. The lowest BCUT2D eigenvalue weighted by Crippen LogP contribution is -2.49. The van der Waals surface area contributed by atoms with Gasteiger partial charge in [0.25, 0.3) is 0 Å². The first-order valence-corrected chi connectivity index (χ1v) is 8.48. The number of hydrogen-bond donors (Lipinski definition) is 1. The maximum absolute atomic E-state index is 9.38. The fourth-order valence-electron chi connectivity index (χ4n) is 4.48. The van der Waals surface area contributed by atoms with Crippen molar-refractivity contribution in [3.63, 3.8) is 0 Å². The van der Waals surface area contributed by atoms with Crippen molar-refractivity contribution in [1.29, 1.82) is 0 Å². The lowest BCUT2D eigenvalue weighted by molar-refractivity contribution is 0.0709. The first-order chi connectivity index (χ1) is 9.88. The Labute approximate surface area is 122 Å². The zero-order valence-electron chi connectivity index (χ0n) is 12.5. The molecular formula is C17H28N2O. The highest BCUT2D eigenvalue weighted by Gasteiger charge is 2.35. The molecule has 0 unspecified atom stereocenters. The van der Waals surface area contributed by atoms with E-state index in [0.717, 1.165) is 43.2 Å². The van der Waals surface area contributed by atoms with Gasteiger partial charge in [-0.2, -0.15) is 0 Å². The molecule has 0 bridgehead atoms. The molecule has 0 spiro atoms. The average molecular weight is 276 g/mol. The Morgan fingerprint density at radius 2 is 1.80 bits per heavy atom. The van der Waals surface area contributed by atoms with E-state index >= 15 is 0 Å². The van der Waals surface area contributed by atoms with E-state index in [4.69, 9.17) is 0 Å². The molecule has 3 aliphatic rings. The minimum atomic E-state index is 0.382. The van der Waals surface area contributed by atoms with Crippen LogP contribution in [0.25, 0.3) is 0 Å². The number of piperidine rings is 1. The highest BCUT2D eigenvalue weighted by molar-refractivity contribution is 5.89. The van der Waals surface area contributed by atoms with Crippen LogP contribution in [0.4, 0.5) is 0 Å². The van der Waals surface area contributed by atoms with E-state index in [9.17, 15) is 5.21 Å². The van der Waals surface area contributed by atoms with Crippen molar-refractivity contribution < 1.29 is 5.21 Å². The van der Waals surface area contributed by atoms with Gasteiger partial charge in [0.2, 0.25) is 0 Å². The third-order valence-corrected chi connectivity index (χ3v) is 5.62. The standard InChI is InChI=1S/C17H28N2O/c20-18-16-9-3-1-2-4-10-17(16)19-12-11-14-7-5-6-8-15(14)13-19/h1-2,14-15,17,20H,3-13H2/b2-1?,18-16-/t14-,15+,17+/m0/s1. The van der Waals surface area contributed by atoms with Gasteiger partial charge in [0.15, 0.2) is 0 Å². The van der Waals surface area contributed by atoms with Crippen LogP contribution in [-0.2, 0) is 0 Å². The van der Waals surface area contributed by atoms with Gasteiger partial charge in [-0.15, -0.1) is 0 Å². The van der Waals surface area contributed by atoms with Crippen LogP contribution in [0, 0.1) is 11.8 Å². The molecule has 20 heavy (non-hydrogen) atoms. The van der Waals surface area contributed by atoms with Crippen molar-refractivity contribution in [2.45, 2.75) is 63.8 Å². The van der Waals surface area contributed by atoms with E-state index in [1.54, 1.807) is 0 Å². The van der Waals surface area contributed by atoms with Gasteiger partial charge in [-0.25, -0.2) is 0 Å². The average Bonchev–Trinajstić information content (AvgIpc) is 2.47. The van der Waals surface area contributed by atoms with Gasteiger partial charge in [-0.1, -0.05) is 36.6 Å². The predicted octanol–water partition coefficient (Wildman–Crippen LogP) is 3.83. The Morgan fingerprint density at radius 3 is 2.65 bits per heavy atom. The number of likely N-dealkylation sites (tertiary alicyclic amines) is 1. The zero-order valence-corrected chi connectivity index (χ0v) is 12.5. The van der Waals surface area contributed by atoms with E-state index in [1.807, 2.05) is 0 Å². The van der Waals surface area contributed by atoms with E-state index < -0.39 is 0 Å². The summed E-state index contributed by atoms with van der Waals surface area (Å²) in [5, 5.41) is 13.0. The highest BCUT2D eigenvalue weighted by atomic mass is 16.4. The topological polar surface area (TPSA) is 35.8 Å². The molecule has 1 heterocycles. The molecule has 0 aromatic rings. The lowest BCUT2D eigenvalue weighted by Gasteiger charge is -2.44. The van der Waals surface area contributed by atoms with Gasteiger partial charge in [0, 0.05) is 6.54 Å². The molecule has 3 atom stereocenters. The second-order valence-electron chi connectivity index (χ2n) is 6.78. The fourth-order valence-corrected chi connectivity index (χ4v) is 4.48. The van der Waals surface area contributed by atoms with Gasteiger partial charge in [0.05, 0.1) is 11.8 Å². The van der Waals surface area contributed by atoms with Crippen molar-refractivity contribution in [1.82, 2.24) is 4.90 Å². The number of fused-ring (bicyclic) bond motifs is 1. The molecule has 0 aromatic carbocycles. The van der Waals surface area contributed by atoms with Crippen LogP contribution < -0.4 is 0 Å². The number of rotatable bonds is 1. The van der Waals surface area contributed by atoms with Gasteiger partial charge in [-0.05, 0) is 56.9 Å². The number of nitrogens with zero attached hydrogens (tertiary/aromatic N) is 2. The first-order valence-electron chi connectivity index (χ1n) is 8.48. The summed E-state index contributed by atoms with van der Waals surface area (Å²) < 4.78 is 0. The fraction of sp³-hybridized carbons (Fsp3) is 0.824. The second kappa shape index (κ2) is 6.75. The second-order valence-corrected chi connectivity index (χ2v) is 6.78. The van der Waals surface area contributed by atoms with Crippen LogP contribution in [0.15, 0.2) is 17.3 Å². The Kier molecular flexibility index (Phi) is 4.77. The summed E-state index contributed by atoms with van der Waals surface area (Å²) in [6.45, 7) is 2.44. The summed E-state index contributed by atoms with van der Waals surface area (Å²) >= 11 is 0. The Hall–Kier alpha value is -0.830. The molecule has 3 nitrogen and oxygen atoms in total. The van der Waals surface area contributed by atoms with Gasteiger partial charge in [0.1, 0.15) is 0 Å². The lowest BCUT2D eigenvalue weighted by atomic mass is 9.74. The third kappa shape index (κ3) is 3.08. The zero-order chi connectivity index (χ0) is 13.8. The van der Waals surface area contributed by atoms with E-state index in [2.05, 4.69) is 22.2 Å². The largest absolute Gasteiger partial charge is 0.411 e. The SMILES string of the molecule is O/N=C1/CCC=CCC[C@H]1N1CC[C@@H]2CCCC[C@@H]2C1. The molecule has 1 N–H and O–H groups in total. The maximum atomic E-state index is 9.38. The summed E-state index contributed by atoms with van der Waals surface area (Å²) in [6, 6.07) is 0.382. The quantitative estimate of drug-likeness (QED) is 0.449. The van der Waals surface area contributed by atoms with Crippen molar-refractivity contribution >= 4 is 5.71 Å². The molecule has 1 aliphatic heterocycles. The summed E-state index contributed by atoms with van der Waals surface area (Å²) in [4.78, 5) is 2.63. The van der Waals surface area contributed by atoms with Crippen molar-refractivity contribution in [2.24, 2.45) is 17.0 Å². The number of allylic oxidation sites excluding steroid dienone is 2. The van der Waals surface area contributed by atoms with Crippen LogP contribution in [0.2, 0.25) is 0 Å². The predicted molar refractivity (Wildman–Crippen MR) is 82.3 cm³/mol. The van der Waals surface area contributed by atoms with Crippen molar-refractivity contribution in [3.8, 4) is 0 Å². The summed E-state index contributed by atoms with van der Waals surface area (Å²) in [5.74, 6) is 1.88. The van der Waals surface area contributed by atoms with Gasteiger partial charge in [-0.3, -0.25) is 4.90 Å². The van der Waals surface area contributed by atoms with E-state index in [-0.39, 0.29) is 0 Å². The Morgan fingerprint density at radius 1 is 1.00 bits per heavy atom. The monoisotopic (exact) mass is 276 g/mol. The first kappa shape index (κ1) is 14.1. The normalized spacial score (nSPS) is 38.2. The molecule has 2 aliphatic carbocycles. The van der Waals surface area contributed by atoms with Crippen LogP contribution in [-0.4, -0.2) is 35.0 Å². The smallest absolute Gasteiger partial charge is 0.0745 e. The summed E-state index contributed by atoms with van der Waals surface area (Å²) in [6.07, 6.45) is 15.8. The number of hydrogen-bond acceptors (Lipinski definition) is 3. The van der Waals surface area contributed by atoms with E-state index in [1.165, 1.54) is 45.2 Å². The molecule has 112 valence electrons. The van der Waals surface area contributed by atoms with E-state index in [0.29, 0.717) is 6.04 Å². The third-order valence-electron chi connectivity index (χ3n) is 5.62. The number of oxime groups is 1. The molecule has 1 saturated heterocycles. The summed E-state index contributed by atoms with van der Waals surface area (Å²) in [5.41, 5.74) is 1.02. The van der Waals surface area contributed by atoms with Crippen molar-refractivity contribution in [2.75, 3.05) is 13.1 Å². The molecule has 0 radical (unpaired) electrons. The summed E-state index contributed by atoms with van der Waals surface area (Å²) in [7, 11) is 0. The van der Waals surface area contributed by atoms with Crippen LogP contribution >= 0.6 is 0 Å². The molecule has 3 rings (SSSR count). The Bertz CT molecular complexity index is 377. The maximum Gasteiger partial charge on any atom is 0.0745 e. The minimum Gasteiger partial charge on any atom is -0.411 e. The minimum absolute atomic E-state index is 0.382.